The first-order valence-corrected chi connectivity index (χ1v) is 17.2. The lowest BCUT2D eigenvalue weighted by Crippen LogP contribution is -2.10. The molecule has 0 unspecified atom stereocenters. The Labute approximate surface area is 286 Å². The molecule has 0 aromatic heterocycles. The third-order valence-electron chi connectivity index (χ3n) is 9.98. The minimum absolute atomic E-state index is 0.118. The van der Waals surface area contributed by atoms with Crippen LogP contribution in [0.3, 0.4) is 0 Å². The largest absolute Gasteiger partial charge is 0.289 e. The van der Waals surface area contributed by atoms with Crippen LogP contribution in [0.25, 0.3) is 44.5 Å². The Morgan fingerprint density at radius 2 is 0.604 bits per heavy atom. The summed E-state index contributed by atoms with van der Waals surface area (Å²) in [6.45, 7) is 13.5. The van der Waals surface area contributed by atoms with Crippen LogP contribution in [0, 0.1) is 0 Å². The zero-order chi connectivity index (χ0) is 33.6. The Balaban J connectivity index is 1.13. The van der Waals surface area contributed by atoms with Gasteiger partial charge in [0.15, 0.2) is 5.78 Å². The highest BCUT2D eigenvalue weighted by molar-refractivity contribution is 6.12. The summed E-state index contributed by atoms with van der Waals surface area (Å²) >= 11 is 0. The van der Waals surface area contributed by atoms with Crippen LogP contribution in [0.4, 0.5) is 0 Å². The average molecular weight is 625 g/mol. The molecule has 0 bridgehead atoms. The van der Waals surface area contributed by atoms with Crippen LogP contribution in [0.15, 0.2) is 133 Å². The van der Waals surface area contributed by atoms with Crippen LogP contribution in [-0.2, 0) is 23.7 Å². The number of aryl methyl sites for hydroxylation is 2. The quantitative estimate of drug-likeness (QED) is 0.191. The van der Waals surface area contributed by atoms with E-state index in [2.05, 4.69) is 175 Å². The first-order chi connectivity index (χ1) is 22.9. The van der Waals surface area contributed by atoms with Crippen molar-refractivity contribution in [1.29, 1.82) is 0 Å². The van der Waals surface area contributed by atoms with E-state index < -0.39 is 0 Å². The standard InChI is InChI=1S/C47H44O/c1-46(2,3)41-25-21-33(22-26-41)31-7-11-35(12-8-31)39-19-17-37-15-16-38-18-20-40(30-44(38)45(48)43(37)29-39)36-13-9-32(10-14-36)34-23-27-42(28-24-34)47(4,5)6/h7-14,17-30H,15-16H2,1-6H3. The molecule has 0 saturated carbocycles. The molecule has 238 valence electrons. The molecule has 48 heavy (non-hydrogen) atoms. The molecule has 0 saturated heterocycles. The second-order valence-corrected chi connectivity index (χ2v) is 15.4. The molecule has 0 fully saturated rings. The fraction of sp³-hybridized carbons (Fsp3) is 0.213. The summed E-state index contributed by atoms with van der Waals surface area (Å²) in [5.74, 6) is 0.118. The van der Waals surface area contributed by atoms with E-state index in [-0.39, 0.29) is 16.6 Å². The van der Waals surface area contributed by atoms with Crippen molar-refractivity contribution in [2.24, 2.45) is 0 Å². The molecule has 0 aliphatic heterocycles. The van der Waals surface area contributed by atoms with E-state index in [1.807, 2.05) is 0 Å². The Morgan fingerprint density at radius 1 is 0.354 bits per heavy atom. The molecule has 0 radical (unpaired) electrons. The number of carbonyl (C=O) groups is 1. The molecule has 6 aromatic rings. The number of benzene rings is 6. The number of rotatable bonds is 4. The van der Waals surface area contributed by atoms with E-state index in [1.54, 1.807) is 0 Å². The van der Waals surface area contributed by atoms with Gasteiger partial charge in [-0.15, -0.1) is 0 Å². The van der Waals surface area contributed by atoms with Crippen molar-refractivity contribution in [3.63, 3.8) is 0 Å². The van der Waals surface area contributed by atoms with Crippen molar-refractivity contribution in [3.05, 3.63) is 167 Å². The van der Waals surface area contributed by atoms with Gasteiger partial charge in [0.2, 0.25) is 0 Å². The third kappa shape index (κ3) is 6.30. The molecule has 0 amide bonds. The first-order valence-electron chi connectivity index (χ1n) is 17.2. The number of carbonyl (C=O) groups excluding carboxylic acids is 1. The topological polar surface area (TPSA) is 17.1 Å². The molecule has 7 rings (SSSR count). The maximum Gasteiger partial charge on any atom is 0.193 e. The zero-order valence-corrected chi connectivity index (χ0v) is 29.0. The summed E-state index contributed by atoms with van der Waals surface area (Å²) in [7, 11) is 0. The van der Waals surface area contributed by atoms with Gasteiger partial charge in [0, 0.05) is 11.1 Å². The third-order valence-corrected chi connectivity index (χ3v) is 9.98. The van der Waals surface area contributed by atoms with Gasteiger partial charge in [-0.3, -0.25) is 4.79 Å². The average Bonchev–Trinajstić information content (AvgIpc) is 3.23. The predicted octanol–water partition coefficient (Wildman–Crippen LogP) is 12.3. The fourth-order valence-corrected chi connectivity index (χ4v) is 6.82. The van der Waals surface area contributed by atoms with Crippen LogP contribution in [0.5, 0.6) is 0 Å². The smallest absolute Gasteiger partial charge is 0.193 e. The Hall–Kier alpha value is -5.01. The van der Waals surface area contributed by atoms with Crippen molar-refractivity contribution in [2.45, 2.75) is 65.2 Å². The highest BCUT2D eigenvalue weighted by Crippen LogP contribution is 2.34. The monoisotopic (exact) mass is 624 g/mol. The second kappa shape index (κ2) is 12.2. The van der Waals surface area contributed by atoms with Crippen molar-refractivity contribution in [2.75, 3.05) is 0 Å². The lowest BCUT2D eigenvalue weighted by Gasteiger charge is -2.19. The van der Waals surface area contributed by atoms with E-state index in [0.717, 1.165) is 57.3 Å². The molecule has 6 aromatic carbocycles. The van der Waals surface area contributed by atoms with Gasteiger partial charge in [0.25, 0.3) is 0 Å². The summed E-state index contributed by atoms with van der Waals surface area (Å²) in [5, 5.41) is 0. The van der Waals surface area contributed by atoms with Gasteiger partial charge in [0.05, 0.1) is 0 Å². The van der Waals surface area contributed by atoms with Crippen LogP contribution in [0.1, 0.15) is 79.7 Å². The molecular formula is C47H44O. The molecule has 1 nitrogen and oxygen atoms in total. The summed E-state index contributed by atoms with van der Waals surface area (Å²) in [5.41, 5.74) is 16.0. The van der Waals surface area contributed by atoms with Gasteiger partial charge in [0.1, 0.15) is 0 Å². The molecule has 1 aliphatic rings. The molecule has 1 heteroatoms. The van der Waals surface area contributed by atoms with E-state index in [1.165, 1.54) is 33.4 Å². The SMILES string of the molecule is CC(C)(C)c1ccc(-c2ccc(-c3ccc4c(c3)C(=O)c3cc(-c5ccc(-c6ccc(C(C)(C)C)cc6)cc5)ccc3CC4)cc2)cc1. The van der Waals surface area contributed by atoms with Crippen LogP contribution < -0.4 is 0 Å². The lowest BCUT2D eigenvalue weighted by molar-refractivity contribution is 0.103. The minimum Gasteiger partial charge on any atom is -0.289 e. The zero-order valence-electron chi connectivity index (χ0n) is 29.0. The molecule has 0 atom stereocenters. The van der Waals surface area contributed by atoms with E-state index in [9.17, 15) is 4.79 Å². The molecule has 0 spiro atoms. The predicted molar refractivity (Wildman–Crippen MR) is 203 cm³/mol. The van der Waals surface area contributed by atoms with Crippen LogP contribution >= 0.6 is 0 Å². The molecule has 1 aliphatic carbocycles. The van der Waals surface area contributed by atoms with E-state index in [4.69, 9.17) is 0 Å². The van der Waals surface area contributed by atoms with Gasteiger partial charge in [-0.25, -0.2) is 0 Å². The second-order valence-electron chi connectivity index (χ2n) is 15.4. The Morgan fingerprint density at radius 3 is 0.896 bits per heavy atom. The Bertz CT molecular complexity index is 1940. The van der Waals surface area contributed by atoms with E-state index >= 15 is 0 Å². The lowest BCUT2D eigenvalue weighted by atomic mass is 9.86. The first kappa shape index (κ1) is 31.6. The number of hydrogen-bond donors (Lipinski definition) is 0. The summed E-state index contributed by atoms with van der Waals surface area (Å²) in [4.78, 5) is 14.2. The maximum absolute atomic E-state index is 14.2. The molecular weight excluding hydrogens is 581 g/mol. The highest BCUT2D eigenvalue weighted by Gasteiger charge is 2.23. The number of ketones is 1. The Kier molecular flexibility index (Phi) is 8.04. The van der Waals surface area contributed by atoms with Gasteiger partial charge >= 0.3 is 0 Å². The number of hydrogen-bond acceptors (Lipinski definition) is 1. The fourth-order valence-electron chi connectivity index (χ4n) is 6.82. The summed E-state index contributed by atoms with van der Waals surface area (Å²) in [6, 6.07) is 48.0. The van der Waals surface area contributed by atoms with Crippen molar-refractivity contribution >= 4 is 5.78 Å². The van der Waals surface area contributed by atoms with E-state index in [0.29, 0.717) is 0 Å². The highest BCUT2D eigenvalue weighted by atomic mass is 16.1. The normalized spacial score (nSPS) is 13.1. The van der Waals surface area contributed by atoms with Gasteiger partial charge < -0.3 is 0 Å². The maximum atomic E-state index is 14.2. The van der Waals surface area contributed by atoms with Gasteiger partial charge in [-0.2, -0.15) is 0 Å². The van der Waals surface area contributed by atoms with Crippen LogP contribution in [-0.4, -0.2) is 5.78 Å². The van der Waals surface area contributed by atoms with Gasteiger partial charge in [-0.1, -0.05) is 163 Å². The van der Waals surface area contributed by atoms with Crippen molar-refractivity contribution in [1.82, 2.24) is 0 Å². The molecule has 0 heterocycles. The molecule has 0 N–H and O–H groups in total. The summed E-state index contributed by atoms with van der Waals surface area (Å²) < 4.78 is 0. The van der Waals surface area contributed by atoms with Gasteiger partial charge in [-0.05, 0) is 103 Å². The van der Waals surface area contributed by atoms with Crippen molar-refractivity contribution in [3.8, 4) is 44.5 Å². The van der Waals surface area contributed by atoms with Crippen LogP contribution in [0.2, 0.25) is 0 Å². The number of fused-ring (bicyclic) bond motifs is 2. The van der Waals surface area contributed by atoms with Crippen molar-refractivity contribution < 1.29 is 4.79 Å². The minimum atomic E-state index is 0.118. The summed E-state index contributed by atoms with van der Waals surface area (Å²) in [6.07, 6.45) is 1.72.